The van der Waals surface area contributed by atoms with Gasteiger partial charge in [0.15, 0.2) is 11.5 Å². The zero-order valence-electron chi connectivity index (χ0n) is 15.8. The molecule has 0 amide bonds. The van der Waals surface area contributed by atoms with E-state index < -0.39 is 0 Å². The Bertz CT molecular complexity index is 686. The van der Waals surface area contributed by atoms with E-state index in [9.17, 15) is 0 Å². The Morgan fingerprint density at radius 3 is 1.50 bits per heavy atom. The molecular weight excluding hydrogens is 328 g/mol. The smallest absolute Gasteiger partial charge is 0.161 e. The maximum atomic E-state index is 6.26. The summed E-state index contributed by atoms with van der Waals surface area (Å²) in [6, 6.07) is 12.5. The Balaban J connectivity index is 1.56. The quantitative estimate of drug-likeness (QED) is 0.700. The molecule has 2 aromatic carbocycles. The minimum atomic E-state index is 0.148. The van der Waals surface area contributed by atoms with Crippen molar-refractivity contribution >= 4 is 10.8 Å². The van der Waals surface area contributed by atoms with Gasteiger partial charge in [-0.05, 0) is 35.7 Å². The summed E-state index contributed by atoms with van der Waals surface area (Å²) in [5.74, 6) is 1.66. The lowest BCUT2D eigenvalue weighted by atomic mass is 9.84. The first-order valence-corrected chi connectivity index (χ1v) is 9.61. The second-order valence-electron chi connectivity index (χ2n) is 7.92. The summed E-state index contributed by atoms with van der Waals surface area (Å²) in [5, 5.41) is 2.34. The van der Waals surface area contributed by atoms with E-state index in [-0.39, 0.29) is 10.8 Å². The predicted octanol–water partition coefficient (Wildman–Crippen LogP) is 4.45. The van der Waals surface area contributed by atoms with Gasteiger partial charge in [-0.25, -0.2) is 0 Å². The summed E-state index contributed by atoms with van der Waals surface area (Å²) >= 11 is 0. The summed E-state index contributed by atoms with van der Waals surface area (Å²) in [7, 11) is 0. The van der Waals surface area contributed by atoms with Gasteiger partial charge in [0, 0.05) is 0 Å². The van der Waals surface area contributed by atoms with Crippen LogP contribution in [0.2, 0.25) is 0 Å². The van der Waals surface area contributed by atoms with Crippen molar-refractivity contribution in [3.63, 3.8) is 0 Å². The van der Waals surface area contributed by atoms with Crippen LogP contribution in [-0.2, 0) is 9.47 Å². The minimum absolute atomic E-state index is 0.148. The molecule has 0 unspecified atom stereocenters. The first-order chi connectivity index (χ1) is 12.7. The van der Waals surface area contributed by atoms with Gasteiger partial charge in [0.2, 0.25) is 0 Å². The van der Waals surface area contributed by atoms with E-state index in [1.165, 1.54) is 10.8 Å². The summed E-state index contributed by atoms with van der Waals surface area (Å²) in [6.45, 7) is 8.86. The largest absolute Gasteiger partial charge is 0.489 e. The Hall–Kier alpha value is -1.78. The van der Waals surface area contributed by atoms with Crippen molar-refractivity contribution in [1.29, 1.82) is 0 Å². The van der Waals surface area contributed by atoms with Crippen LogP contribution in [0.3, 0.4) is 0 Å². The van der Waals surface area contributed by atoms with Gasteiger partial charge < -0.3 is 18.9 Å². The summed E-state index contributed by atoms with van der Waals surface area (Å²) < 4.78 is 23.4. The first kappa shape index (κ1) is 17.6. The predicted molar refractivity (Wildman–Crippen MR) is 102 cm³/mol. The molecule has 0 N–H and O–H groups in total. The van der Waals surface area contributed by atoms with Crippen LogP contribution in [0.1, 0.15) is 26.7 Å². The van der Waals surface area contributed by atoms with Crippen molar-refractivity contribution in [2.24, 2.45) is 10.8 Å². The van der Waals surface area contributed by atoms with Crippen molar-refractivity contribution in [2.45, 2.75) is 26.7 Å². The van der Waals surface area contributed by atoms with Crippen LogP contribution in [0.5, 0.6) is 11.5 Å². The third-order valence-electron chi connectivity index (χ3n) is 6.01. The van der Waals surface area contributed by atoms with Crippen molar-refractivity contribution in [3.8, 4) is 11.5 Å². The molecule has 2 aliphatic rings. The highest BCUT2D eigenvalue weighted by Crippen LogP contribution is 2.39. The average Bonchev–Trinajstić information content (AvgIpc) is 2.60. The Labute approximate surface area is 155 Å². The van der Waals surface area contributed by atoms with E-state index in [1.807, 2.05) is 0 Å². The molecule has 0 radical (unpaired) electrons. The molecule has 26 heavy (non-hydrogen) atoms. The number of benzene rings is 2. The fraction of sp³-hybridized carbons (Fsp3) is 0.545. The number of ether oxygens (including phenoxy) is 4. The van der Waals surface area contributed by atoms with E-state index in [2.05, 4.69) is 50.2 Å². The molecule has 4 heteroatoms. The summed E-state index contributed by atoms with van der Waals surface area (Å²) in [4.78, 5) is 0. The SMILES string of the molecule is CCC1(COc2cc3ccccc3cc2OCC2(CC)COC2)COC1. The lowest BCUT2D eigenvalue weighted by Gasteiger charge is -2.41. The van der Waals surface area contributed by atoms with Gasteiger partial charge in [-0.2, -0.15) is 0 Å². The molecule has 2 aromatic rings. The molecule has 0 saturated carbocycles. The molecule has 0 aliphatic carbocycles. The molecule has 0 atom stereocenters. The summed E-state index contributed by atoms with van der Waals surface area (Å²) in [6.07, 6.45) is 2.13. The average molecular weight is 356 g/mol. The number of rotatable bonds is 8. The molecule has 0 aromatic heterocycles. The fourth-order valence-corrected chi connectivity index (χ4v) is 3.45. The van der Waals surface area contributed by atoms with Crippen molar-refractivity contribution in [2.75, 3.05) is 39.6 Å². The van der Waals surface area contributed by atoms with E-state index in [0.29, 0.717) is 13.2 Å². The second-order valence-corrected chi connectivity index (χ2v) is 7.92. The molecule has 2 saturated heterocycles. The molecule has 2 heterocycles. The van der Waals surface area contributed by atoms with Crippen LogP contribution in [0.4, 0.5) is 0 Å². The first-order valence-electron chi connectivity index (χ1n) is 9.61. The maximum Gasteiger partial charge on any atom is 0.161 e. The minimum Gasteiger partial charge on any atom is -0.489 e. The number of hydrogen-bond donors (Lipinski definition) is 0. The van der Waals surface area contributed by atoms with Gasteiger partial charge in [0.25, 0.3) is 0 Å². The molecular formula is C22H28O4. The van der Waals surface area contributed by atoms with Crippen LogP contribution in [-0.4, -0.2) is 39.6 Å². The van der Waals surface area contributed by atoms with E-state index in [0.717, 1.165) is 50.8 Å². The fourth-order valence-electron chi connectivity index (χ4n) is 3.45. The molecule has 4 rings (SSSR count). The third-order valence-corrected chi connectivity index (χ3v) is 6.01. The molecule has 0 spiro atoms. The van der Waals surface area contributed by atoms with Crippen molar-refractivity contribution < 1.29 is 18.9 Å². The highest BCUT2D eigenvalue weighted by atomic mass is 16.5. The standard InChI is InChI=1S/C22H28O4/c1-3-21(11-23-12-21)15-25-19-9-17-7-5-6-8-18(17)10-20(19)26-16-22(4-2)13-24-14-22/h5-10H,3-4,11-16H2,1-2H3. The van der Waals surface area contributed by atoms with Crippen molar-refractivity contribution in [1.82, 2.24) is 0 Å². The van der Waals surface area contributed by atoms with Gasteiger partial charge >= 0.3 is 0 Å². The number of fused-ring (bicyclic) bond motifs is 1. The van der Waals surface area contributed by atoms with Crippen molar-refractivity contribution in [3.05, 3.63) is 36.4 Å². The third kappa shape index (κ3) is 3.28. The van der Waals surface area contributed by atoms with Gasteiger partial charge in [-0.15, -0.1) is 0 Å². The zero-order chi connectivity index (χ0) is 18.0. The van der Waals surface area contributed by atoms with E-state index in [4.69, 9.17) is 18.9 Å². The van der Waals surface area contributed by atoms with Crippen LogP contribution < -0.4 is 9.47 Å². The van der Waals surface area contributed by atoms with Crippen LogP contribution >= 0.6 is 0 Å². The molecule has 4 nitrogen and oxygen atoms in total. The molecule has 2 fully saturated rings. The summed E-state index contributed by atoms with van der Waals surface area (Å²) in [5.41, 5.74) is 0.296. The van der Waals surface area contributed by atoms with Gasteiger partial charge in [0.05, 0.1) is 50.5 Å². The van der Waals surface area contributed by atoms with Gasteiger partial charge in [0.1, 0.15) is 0 Å². The van der Waals surface area contributed by atoms with Gasteiger partial charge in [-0.3, -0.25) is 0 Å². The second kappa shape index (κ2) is 7.09. The Morgan fingerprint density at radius 2 is 1.19 bits per heavy atom. The van der Waals surface area contributed by atoms with Crippen LogP contribution in [0.15, 0.2) is 36.4 Å². The molecule has 140 valence electrons. The lowest BCUT2D eigenvalue weighted by molar-refractivity contribution is -0.136. The van der Waals surface area contributed by atoms with E-state index in [1.54, 1.807) is 0 Å². The van der Waals surface area contributed by atoms with Crippen LogP contribution in [0.25, 0.3) is 10.8 Å². The molecule has 2 aliphatic heterocycles. The highest BCUT2D eigenvalue weighted by Gasteiger charge is 2.39. The topological polar surface area (TPSA) is 36.9 Å². The van der Waals surface area contributed by atoms with Gasteiger partial charge in [-0.1, -0.05) is 38.1 Å². The zero-order valence-corrected chi connectivity index (χ0v) is 15.8. The van der Waals surface area contributed by atoms with Crippen LogP contribution in [0, 0.1) is 10.8 Å². The Kier molecular flexibility index (Phi) is 4.80. The lowest BCUT2D eigenvalue weighted by Crippen LogP contribution is -2.47. The van der Waals surface area contributed by atoms with E-state index >= 15 is 0 Å². The highest BCUT2D eigenvalue weighted by molar-refractivity contribution is 5.86. The monoisotopic (exact) mass is 356 g/mol. The Morgan fingerprint density at radius 1 is 0.769 bits per heavy atom. The number of hydrogen-bond acceptors (Lipinski definition) is 4. The molecule has 0 bridgehead atoms. The maximum absolute atomic E-state index is 6.26. The normalized spacial score (nSPS) is 20.2.